The fraction of sp³-hybridized carbons (Fsp3) is 0.303. The van der Waals surface area contributed by atoms with Crippen LogP contribution in [0, 0.1) is 23.1 Å². The number of benzene rings is 2. The molecule has 2 heterocycles. The Bertz CT molecular complexity index is 1640. The number of aryl methyl sites for hydroxylation is 1. The summed E-state index contributed by atoms with van der Waals surface area (Å²) in [6.45, 7) is 4.40. The summed E-state index contributed by atoms with van der Waals surface area (Å²) in [5.74, 6) is -0.485. The van der Waals surface area contributed by atoms with Gasteiger partial charge in [-0.2, -0.15) is 10.4 Å². The van der Waals surface area contributed by atoms with Gasteiger partial charge in [-0.1, -0.05) is 38.1 Å². The molecule has 0 aliphatic carbocycles. The highest BCUT2D eigenvalue weighted by Crippen LogP contribution is 2.34. The van der Waals surface area contributed by atoms with E-state index in [0.717, 1.165) is 17.1 Å². The minimum absolute atomic E-state index is 0.0444. The maximum absolute atomic E-state index is 14.0. The third-order valence-corrected chi connectivity index (χ3v) is 7.04. The molecule has 10 nitrogen and oxygen atoms in total. The van der Waals surface area contributed by atoms with Gasteiger partial charge in [-0.05, 0) is 54.3 Å². The molecule has 44 heavy (non-hydrogen) atoms. The molecule has 11 heteroatoms. The molecule has 228 valence electrons. The van der Waals surface area contributed by atoms with E-state index in [4.69, 9.17) is 19.8 Å². The van der Waals surface area contributed by atoms with Gasteiger partial charge in [0.2, 0.25) is 5.95 Å². The zero-order valence-corrected chi connectivity index (χ0v) is 25.1. The molecule has 0 spiro atoms. The molecule has 2 aromatic carbocycles. The van der Waals surface area contributed by atoms with Crippen molar-refractivity contribution in [2.75, 3.05) is 12.0 Å². The van der Waals surface area contributed by atoms with Crippen molar-refractivity contribution in [1.29, 1.82) is 5.26 Å². The number of hydrogen-bond acceptors (Lipinski definition) is 8. The number of allylic oxidation sites excluding steroid dienone is 1. The largest absolute Gasteiger partial charge is 0.497 e. The van der Waals surface area contributed by atoms with Gasteiger partial charge in [-0.15, -0.1) is 0 Å². The van der Waals surface area contributed by atoms with E-state index < -0.39 is 30.2 Å². The number of hydrogen-bond donors (Lipinski definition) is 2. The molecule has 0 bridgehead atoms. The first-order valence-electron chi connectivity index (χ1n) is 14.1. The second kappa shape index (κ2) is 14.4. The Morgan fingerprint density at radius 2 is 1.84 bits per heavy atom. The highest BCUT2D eigenvalue weighted by molar-refractivity contribution is 5.75. The lowest BCUT2D eigenvalue weighted by Crippen LogP contribution is -2.23. The fourth-order valence-corrected chi connectivity index (χ4v) is 4.79. The van der Waals surface area contributed by atoms with Gasteiger partial charge < -0.3 is 14.9 Å². The van der Waals surface area contributed by atoms with E-state index >= 15 is 0 Å². The van der Waals surface area contributed by atoms with Crippen LogP contribution in [0.2, 0.25) is 0 Å². The average molecular weight is 599 g/mol. The maximum atomic E-state index is 14.0. The standard InChI is InChI=1S/C33H35FN6O4/c1-21(2)31-28(14-7-23(19-35)17-26(41)18-30(42)43)32(24-8-10-25(34)11-9-24)38-33(37-31)40(29-15-16-36-39(29)3)20-22-5-12-27(44-4)13-6-22/h5-16,21,23,26,41H,17-18,20H2,1-4H3,(H,42,43)/b14-7+/t23-,26-/m1/s1. The molecule has 0 amide bonds. The number of ether oxygens (including phenoxy) is 1. The summed E-state index contributed by atoms with van der Waals surface area (Å²) in [4.78, 5) is 23.0. The van der Waals surface area contributed by atoms with Crippen molar-refractivity contribution in [3.63, 3.8) is 0 Å². The lowest BCUT2D eigenvalue weighted by Gasteiger charge is -2.25. The van der Waals surface area contributed by atoms with Crippen LogP contribution in [0.3, 0.4) is 0 Å². The van der Waals surface area contributed by atoms with Gasteiger partial charge >= 0.3 is 5.97 Å². The molecule has 0 radical (unpaired) electrons. The van der Waals surface area contributed by atoms with Crippen LogP contribution in [-0.2, 0) is 18.4 Å². The van der Waals surface area contributed by atoms with Gasteiger partial charge in [0.15, 0.2) is 0 Å². The Kier molecular flexibility index (Phi) is 10.4. The van der Waals surface area contributed by atoms with Crippen molar-refractivity contribution in [3.8, 4) is 23.1 Å². The number of carboxylic acid groups (broad SMARTS) is 1. The minimum Gasteiger partial charge on any atom is -0.497 e. The quantitative estimate of drug-likeness (QED) is 0.194. The summed E-state index contributed by atoms with van der Waals surface area (Å²) in [7, 11) is 3.45. The summed E-state index contributed by atoms with van der Waals surface area (Å²) >= 11 is 0. The Hall–Kier alpha value is -5.08. The Labute approximate surface area is 255 Å². The van der Waals surface area contributed by atoms with Crippen LogP contribution in [0.15, 0.2) is 66.9 Å². The maximum Gasteiger partial charge on any atom is 0.305 e. The topological polar surface area (TPSA) is 137 Å². The second-order valence-electron chi connectivity index (χ2n) is 10.7. The monoisotopic (exact) mass is 598 g/mol. The predicted octanol–water partition coefficient (Wildman–Crippen LogP) is 5.87. The molecule has 0 unspecified atom stereocenters. The van der Waals surface area contributed by atoms with Gasteiger partial charge in [0.25, 0.3) is 0 Å². The summed E-state index contributed by atoms with van der Waals surface area (Å²) in [6.07, 6.45) is 3.37. The number of halogens is 1. The van der Waals surface area contributed by atoms with Crippen molar-refractivity contribution in [1.82, 2.24) is 19.7 Å². The van der Waals surface area contributed by atoms with E-state index in [0.29, 0.717) is 35.0 Å². The lowest BCUT2D eigenvalue weighted by molar-refractivity contribution is -0.139. The molecule has 0 aliphatic heterocycles. The van der Waals surface area contributed by atoms with Crippen LogP contribution in [0.5, 0.6) is 5.75 Å². The van der Waals surface area contributed by atoms with E-state index in [1.807, 2.05) is 56.1 Å². The molecule has 0 aliphatic rings. The zero-order chi connectivity index (χ0) is 31.8. The summed E-state index contributed by atoms with van der Waals surface area (Å²) in [6, 6.07) is 17.7. The van der Waals surface area contributed by atoms with Gasteiger partial charge in [0.1, 0.15) is 17.4 Å². The van der Waals surface area contributed by atoms with Crippen LogP contribution in [0.4, 0.5) is 16.2 Å². The lowest BCUT2D eigenvalue weighted by atomic mass is 9.95. The van der Waals surface area contributed by atoms with Gasteiger partial charge in [-0.3, -0.25) is 14.4 Å². The highest BCUT2D eigenvalue weighted by Gasteiger charge is 2.23. The number of aliphatic hydroxyl groups excluding tert-OH is 1. The minimum atomic E-state index is -1.17. The van der Waals surface area contributed by atoms with Crippen LogP contribution in [0.1, 0.15) is 49.4 Å². The van der Waals surface area contributed by atoms with E-state index in [9.17, 15) is 19.6 Å². The van der Waals surface area contributed by atoms with Gasteiger partial charge in [-0.25, -0.2) is 14.4 Å². The van der Waals surface area contributed by atoms with Gasteiger partial charge in [0.05, 0.1) is 55.8 Å². The number of nitrogens with zero attached hydrogens (tertiary/aromatic N) is 6. The average Bonchev–Trinajstić information content (AvgIpc) is 3.43. The number of rotatable bonds is 13. The zero-order valence-electron chi connectivity index (χ0n) is 25.1. The molecule has 0 saturated heterocycles. The van der Waals surface area contributed by atoms with Crippen LogP contribution >= 0.6 is 0 Å². The number of aliphatic hydroxyl groups is 1. The smallest absolute Gasteiger partial charge is 0.305 e. The van der Waals surface area contributed by atoms with Crippen LogP contribution in [-0.4, -0.2) is 49.1 Å². The number of nitriles is 1. The third kappa shape index (κ3) is 7.85. The number of methoxy groups -OCH3 is 1. The van der Waals surface area contributed by atoms with Crippen molar-refractivity contribution in [3.05, 3.63) is 89.5 Å². The molecule has 2 atom stereocenters. The molecule has 0 saturated carbocycles. The molecule has 2 aromatic heterocycles. The first kappa shape index (κ1) is 31.8. The SMILES string of the molecule is COc1ccc(CN(c2nc(-c3ccc(F)cc3)c(/C=C/[C@@H](C#N)C[C@@H](O)CC(=O)O)c(C(C)C)n2)c2ccnn2C)cc1. The Morgan fingerprint density at radius 1 is 1.14 bits per heavy atom. The third-order valence-electron chi connectivity index (χ3n) is 7.04. The first-order chi connectivity index (χ1) is 21.1. The van der Waals surface area contributed by atoms with Crippen molar-refractivity contribution < 1.29 is 24.1 Å². The van der Waals surface area contributed by atoms with E-state index in [2.05, 4.69) is 11.2 Å². The number of aliphatic carboxylic acids is 1. The number of carboxylic acids is 1. The van der Waals surface area contributed by atoms with E-state index in [1.165, 1.54) is 12.1 Å². The van der Waals surface area contributed by atoms with Crippen molar-refractivity contribution >= 4 is 23.8 Å². The highest BCUT2D eigenvalue weighted by atomic mass is 19.1. The van der Waals surface area contributed by atoms with Gasteiger partial charge in [0, 0.05) is 24.2 Å². The molecular formula is C33H35FN6O4. The van der Waals surface area contributed by atoms with E-state index in [-0.39, 0.29) is 12.3 Å². The van der Waals surface area contributed by atoms with Crippen molar-refractivity contribution in [2.24, 2.45) is 13.0 Å². The Balaban J connectivity index is 1.87. The van der Waals surface area contributed by atoms with Crippen molar-refractivity contribution in [2.45, 2.75) is 45.3 Å². The molecular weight excluding hydrogens is 563 g/mol. The second-order valence-corrected chi connectivity index (χ2v) is 10.7. The van der Waals surface area contributed by atoms with Crippen LogP contribution in [0.25, 0.3) is 17.3 Å². The number of carbonyl (C=O) groups is 1. The summed E-state index contributed by atoms with van der Waals surface area (Å²) in [5, 5.41) is 33.3. The fourth-order valence-electron chi connectivity index (χ4n) is 4.79. The normalized spacial score (nSPS) is 12.7. The van der Waals surface area contributed by atoms with Crippen LogP contribution < -0.4 is 9.64 Å². The summed E-state index contributed by atoms with van der Waals surface area (Å²) < 4.78 is 21.0. The predicted molar refractivity (Wildman–Crippen MR) is 165 cm³/mol. The Morgan fingerprint density at radius 3 is 2.41 bits per heavy atom. The number of anilines is 2. The molecule has 4 rings (SSSR count). The summed E-state index contributed by atoms with van der Waals surface area (Å²) in [5.41, 5.74) is 3.48. The van der Waals surface area contributed by atoms with E-state index in [1.54, 1.807) is 42.3 Å². The molecule has 4 aromatic rings. The first-order valence-corrected chi connectivity index (χ1v) is 14.1. The molecule has 2 N–H and O–H groups in total. The number of aromatic nitrogens is 4. The molecule has 0 fully saturated rings.